The van der Waals surface area contributed by atoms with Gasteiger partial charge in [-0.25, -0.2) is 0 Å². The molecule has 0 saturated heterocycles. The molecule has 1 saturated carbocycles. The van der Waals surface area contributed by atoms with E-state index in [-0.39, 0.29) is 24.7 Å². The third kappa shape index (κ3) is 5.28. The summed E-state index contributed by atoms with van der Waals surface area (Å²) in [6.07, 6.45) is 6.81. The van der Waals surface area contributed by atoms with Crippen molar-refractivity contribution in [3.05, 3.63) is 29.8 Å². The van der Waals surface area contributed by atoms with E-state index in [0.717, 1.165) is 31.2 Å². The van der Waals surface area contributed by atoms with Gasteiger partial charge >= 0.3 is 0 Å². The summed E-state index contributed by atoms with van der Waals surface area (Å²) in [4.78, 5) is 12.0. The van der Waals surface area contributed by atoms with Gasteiger partial charge in [0.25, 0.3) is 5.91 Å². The summed E-state index contributed by atoms with van der Waals surface area (Å²) in [6, 6.07) is 5.72. The molecule has 5 heteroatoms. The smallest absolute Gasteiger partial charge is 0.258 e. The lowest BCUT2D eigenvalue weighted by molar-refractivity contribution is -0.124. The number of benzene rings is 1. The summed E-state index contributed by atoms with van der Waals surface area (Å²) in [5, 5.41) is 12.4. The molecule has 23 heavy (non-hydrogen) atoms. The molecule has 0 spiro atoms. The van der Waals surface area contributed by atoms with Crippen molar-refractivity contribution in [1.29, 1.82) is 0 Å². The highest BCUT2D eigenvalue weighted by Crippen LogP contribution is 2.28. The van der Waals surface area contributed by atoms with Gasteiger partial charge in [-0.05, 0) is 50.3 Å². The maximum atomic E-state index is 12.0. The average molecular weight is 319 g/mol. The first-order valence-corrected chi connectivity index (χ1v) is 8.03. The molecule has 1 fully saturated rings. The van der Waals surface area contributed by atoms with E-state index in [2.05, 4.69) is 5.32 Å². The van der Waals surface area contributed by atoms with E-state index >= 15 is 0 Å². The van der Waals surface area contributed by atoms with Crippen molar-refractivity contribution in [3.8, 4) is 11.5 Å². The molecule has 5 nitrogen and oxygen atoms in total. The molecule has 1 aromatic carbocycles. The Morgan fingerprint density at radius 2 is 2.04 bits per heavy atom. The summed E-state index contributed by atoms with van der Waals surface area (Å²) in [5.74, 6) is 1.01. The van der Waals surface area contributed by atoms with Crippen LogP contribution in [0.2, 0.25) is 0 Å². The molecule has 0 heterocycles. The third-order valence-electron chi connectivity index (χ3n) is 3.97. The first kappa shape index (κ1) is 17.3. The Morgan fingerprint density at radius 3 is 2.70 bits per heavy atom. The Balaban J connectivity index is 1.86. The molecule has 0 bridgehead atoms. The summed E-state index contributed by atoms with van der Waals surface area (Å²) in [6.45, 7) is 1.91. The van der Waals surface area contributed by atoms with Gasteiger partial charge in [-0.15, -0.1) is 0 Å². The van der Waals surface area contributed by atoms with E-state index in [1.54, 1.807) is 13.2 Å². The monoisotopic (exact) mass is 319 g/mol. The van der Waals surface area contributed by atoms with Crippen LogP contribution >= 0.6 is 0 Å². The molecule has 1 aromatic rings. The van der Waals surface area contributed by atoms with E-state index in [4.69, 9.17) is 9.47 Å². The number of hydrogen-bond acceptors (Lipinski definition) is 4. The van der Waals surface area contributed by atoms with Crippen molar-refractivity contribution in [1.82, 2.24) is 5.32 Å². The maximum Gasteiger partial charge on any atom is 0.258 e. The molecule has 2 rings (SSSR count). The zero-order valence-electron chi connectivity index (χ0n) is 13.7. The van der Waals surface area contributed by atoms with Gasteiger partial charge in [0.05, 0.1) is 13.2 Å². The lowest BCUT2D eigenvalue weighted by Crippen LogP contribution is -2.40. The van der Waals surface area contributed by atoms with Crippen molar-refractivity contribution in [2.75, 3.05) is 13.7 Å². The van der Waals surface area contributed by atoms with E-state index in [1.165, 1.54) is 0 Å². The van der Waals surface area contributed by atoms with Crippen LogP contribution in [0, 0.1) is 0 Å². The molecule has 1 amide bonds. The number of methoxy groups -OCH3 is 1. The molecule has 0 aliphatic heterocycles. The summed E-state index contributed by atoms with van der Waals surface area (Å²) in [7, 11) is 1.58. The highest BCUT2D eigenvalue weighted by atomic mass is 16.5. The van der Waals surface area contributed by atoms with Crippen LogP contribution in [0.3, 0.4) is 0 Å². The second kappa shape index (κ2) is 8.58. The molecule has 0 radical (unpaired) electrons. The fraction of sp³-hybridized carbons (Fsp3) is 0.500. The van der Waals surface area contributed by atoms with Gasteiger partial charge in [0.15, 0.2) is 18.1 Å². The largest absolute Gasteiger partial charge is 0.493 e. The standard InChI is InChI=1S/C18H25NO4/c1-3-4-13-5-10-16(17(11-13)22-2)23-12-18(21)19-14-6-8-15(20)9-7-14/h3-5,10-11,14-15,20H,6-9,12H2,1-2H3,(H,19,21). The van der Waals surface area contributed by atoms with E-state index in [9.17, 15) is 9.90 Å². The topological polar surface area (TPSA) is 67.8 Å². The highest BCUT2D eigenvalue weighted by Gasteiger charge is 2.21. The minimum Gasteiger partial charge on any atom is -0.493 e. The molecule has 0 aromatic heterocycles. The third-order valence-corrected chi connectivity index (χ3v) is 3.97. The normalized spacial score (nSPS) is 21.2. The fourth-order valence-electron chi connectivity index (χ4n) is 2.73. The Labute approximate surface area is 137 Å². The quantitative estimate of drug-likeness (QED) is 0.845. The van der Waals surface area contributed by atoms with Gasteiger partial charge < -0.3 is 19.9 Å². The first-order chi connectivity index (χ1) is 11.1. The van der Waals surface area contributed by atoms with Crippen LogP contribution in [0.1, 0.15) is 38.2 Å². The van der Waals surface area contributed by atoms with Gasteiger partial charge in [-0.1, -0.05) is 18.2 Å². The van der Waals surface area contributed by atoms with Gasteiger partial charge in [0.1, 0.15) is 0 Å². The number of nitrogens with one attached hydrogen (secondary N) is 1. The number of amides is 1. The van der Waals surface area contributed by atoms with Crippen LogP contribution in [0.25, 0.3) is 6.08 Å². The molecule has 126 valence electrons. The Morgan fingerprint density at radius 1 is 1.30 bits per heavy atom. The maximum absolute atomic E-state index is 12.0. The van der Waals surface area contributed by atoms with Crippen molar-refractivity contribution in [3.63, 3.8) is 0 Å². The Kier molecular flexibility index (Phi) is 6.47. The summed E-state index contributed by atoms with van der Waals surface area (Å²) >= 11 is 0. The van der Waals surface area contributed by atoms with Crippen molar-refractivity contribution in [2.24, 2.45) is 0 Å². The van der Waals surface area contributed by atoms with Crippen molar-refractivity contribution in [2.45, 2.75) is 44.8 Å². The number of carbonyl (C=O) groups is 1. The average Bonchev–Trinajstić information content (AvgIpc) is 2.56. The fourth-order valence-corrected chi connectivity index (χ4v) is 2.73. The highest BCUT2D eigenvalue weighted by molar-refractivity contribution is 5.78. The first-order valence-electron chi connectivity index (χ1n) is 8.03. The predicted molar refractivity (Wildman–Crippen MR) is 89.6 cm³/mol. The van der Waals surface area contributed by atoms with Crippen LogP contribution in [-0.4, -0.2) is 36.9 Å². The Bertz CT molecular complexity index is 548. The predicted octanol–water partition coefficient (Wildman–Crippen LogP) is 2.53. The number of ether oxygens (including phenoxy) is 2. The molecule has 1 aliphatic carbocycles. The van der Waals surface area contributed by atoms with Gasteiger partial charge in [-0.3, -0.25) is 4.79 Å². The van der Waals surface area contributed by atoms with Gasteiger partial charge in [0.2, 0.25) is 0 Å². The Hall–Kier alpha value is -2.01. The van der Waals surface area contributed by atoms with Crippen LogP contribution in [0.5, 0.6) is 11.5 Å². The second-order valence-electron chi connectivity index (χ2n) is 5.77. The second-order valence-corrected chi connectivity index (χ2v) is 5.77. The van der Waals surface area contributed by atoms with Crippen LogP contribution in [0.15, 0.2) is 24.3 Å². The zero-order chi connectivity index (χ0) is 16.7. The number of aliphatic hydroxyl groups excluding tert-OH is 1. The lowest BCUT2D eigenvalue weighted by Gasteiger charge is -2.26. The molecule has 0 unspecified atom stereocenters. The summed E-state index contributed by atoms with van der Waals surface area (Å²) in [5.41, 5.74) is 1.02. The number of rotatable bonds is 6. The SMILES string of the molecule is CC=Cc1ccc(OCC(=O)NC2CCC(O)CC2)c(OC)c1. The number of hydrogen-bond donors (Lipinski definition) is 2. The van der Waals surface area contributed by atoms with E-state index in [1.807, 2.05) is 31.2 Å². The van der Waals surface area contributed by atoms with Crippen LogP contribution in [0.4, 0.5) is 0 Å². The minimum absolute atomic E-state index is 0.0433. The van der Waals surface area contributed by atoms with Crippen molar-refractivity contribution >= 4 is 12.0 Å². The molecular formula is C18H25NO4. The number of carbonyl (C=O) groups excluding carboxylic acids is 1. The molecule has 0 atom stereocenters. The van der Waals surface area contributed by atoms with Gasteiger partial charge in [-0.2, -0.15) is 0 Å². The zero-order valence-corrected chi connectivity index (χ0v) is 13.7. The van der Waals surface area contributed by atoms with Crippen LogP contribution in [-0.2, 0) is 4.79 Å². The van der Waals surface area contributed by atoms with Crippen LogP contribution < -0.4 is 14.8 Å². The van der Waals surface area contributed by atoms with E-state index < -0.39 is 0 Å². The van der Waals surface area contributed by atoms with Crippen molar-refractivity contribution < 1.29 is 19.4 Å². The van der Waals surface area contributed by atoms with Gasteiger partial charge in [0, 0.05) is 6.04 Å². The molecular weight excluding hydrogens is 294 g/mol. The van der Waals surface area contributed by atoms with E-state index in [0.29, 0.717) is 11.5 Å². The minimum atomic E-state index is -0.223. The lowest BCUT2D eigenvalue weighted by atomic mass is 9.93. The molecule has 1 aliphatic rings. The number of allylic oxidation sites excluding steroid dienone is 1. The number of aliphatic hydroxyl groups is 1. The summed E-state index contributed by atoms with van der Waals surface area (Å²) < 4.78 is 10.9. The molecule has 2 N–H and O–H groups in total.